The molecule has 0 aliphatic rings. The molecular weight excluding hydrogens is 505 g/mol. The summed E-state index contributed by atoms with van der Waals surface area (Å²) in [6.45, 7) is -0.00469. The summed E-state index contributed by atoms with van der Waals surface area (Å²) in [7, 11) is 0. The molecule has 0 aromatic heterocycles. The number of nitriles is 1. The van der Waals surface area contributed by atoms with Crippen molar-refractivity contribution in [3.8, 4) is 11.8 Å². The van der Waals surface area contributed by atoms with Gasteiger partial charge in [-0.3, -0.25) is 0 Å². The number of hydrogen-bond acceptors (Lipinski definition) is 2. The van der Waals surface area contributed by atoms with E-state index in [2.05, 4.69) is 0 Å². The van der Waals surface area contributed by atoms with Gasteiger partial charge in [0, 0.05) is 6.42 Å². The third-order valence-corrected chi connectivity index (χ3v) is 4.64. The van der Waals surface area contributed by atoms with E-state index in [9.17, 15) is 57.1 Å². The minimum atomic E-state index is -7.87. The molecule has 0 fully saturated rings. The monoisotopic (exact) mass is 521 g/mol. The fourth-order valence-corrected chi connectivity index (χ4v) is 2.58. The number of alkyl halides is 13. The van der Waals surface area contributed by atoms with Crippen molar-refractivity contribution in [1.82, 2.24) is 0 Å². The molecule has 0 saturated heterocycles. The second-order valence-corrected chi connectivity index (χ2v) is 7.15. The highest BCUT2D eigenvalue weighted by molar-refractivity contribution is 5.34. The van der Waals surface area contributed by atoms with Crippen LogP contribution in [-0.2, 0) is 0 Å². The Hall–Kier alpha value is -2.40. The van der Waals surface area contributed by atoms with Crippen LogP contribution in [0.1, 0.15) is 37.7 Å². The van der Waals surface area contributed by atoms with Gasteiger partial charge >= 0.3 is 35.8 Å². The Bertz CT molecular complexity index is 841. The first-order valence-electron chi connectivity index (χ1n) is 9.35. The van der Waals surface area contributed by atoms with Crippen LogP contribution < -0.4 is 4.74 Å². The molecule has 0 radical (unpaired) electrons. The molecule has 0 atom stereocenters. The van der Waals surface area contributed by atoms with Gasteiger partial charge in [-0.1, -0.05) is 12.8 Å². The standard InChI is InChI=1S/C19H16F13NO/c20-14(21,9-3-1-2-4-10-34-13-7-5-12(11-33)6-8-13)15(22,23)16(24,25)17(26,27)18(28,29)19(30,31)32/h5-8H,1-4,9-10H2. The lowest BCUT2D eigenvalue weighted by atomic mass is 9.91. The van der Waals surface area contributed by atoms with Crippen molar-refractivity contribution in [2.45, 2.75) is 67.9 Å². The zero-order chi connectivity index (χ0) is 26.6. The zero-order valence-corrected chi connectivity index (χ0v) is 16.8. The third-order valence-electron chi connectivity index (χ3n) is 4.64. The van der Waals surface area contributed by atoms with Gasteiger partial charge in [-0.05, 0) is 37.1 Å². The lowest BCUT2D eigenvalue weighted by molar-refractivity contribution is -0.440. The minimum Gasteiger partial charge on any atom is -0.494 e. The van der Waals surface area contributed by atoms with Gasteiger partial charge in [-0.15, -0.1) is 0 Å². The fraction of sp³-hybridized carbons (Fsp3) is 0.632. The molecule has 0 bridgehead atoms. The second kappa shape index (κ2) is 10.1. The topological polar surface area (TPSA) is 33.0 Å². The second-order valence-electron chi connectivity index (χ2n) is 7.15. The Labute approximate surface area is 184 Å². The molecule has 0 unspecified atom stereocenters. The van der Waals surface area contributed by atoms with Crippen molar-refractivity contribution in [3.05, 3.63) is 29.8 Å². The summed E-state index contributed by atoms with van der Waals surface area (Å²) < 4.78 is 174. The smallest absolute Gasteiger partial charge is 0.460 e. The van der Waals surface area contributed by atoms with Crippen molar-refractivity contribution in [2.75, 3.05) is 6.61 Å². The number of rotatable bonds is 12. The Kier molecular flexibility index (Phi) is 8.78. The van der Waals surface area contributed by atoms with Gasteiger partial charge in [0.05, 0.1) is 18.2 Å². The highest BCUT2D eigenvalue weighted by atomic mass is 19.4. The lowest BCUT2D eigenvalue weighted by Crippen LogP contribution is -2.70. The average molecular weight is 521 g/mol. The van der Waals surface area contributed by atoms with Gasteiger partial charge in [0.15, 0.2) is 0 Å². The summed E-state index contributed by atoms with van der Waals surface area (Å²) in [5, 5.41) is 8.64. The zero-order valence-electron chi connectivity index (χ0n) is 16.8. The van der Waals surface area contributed by atoms with Crippen LogP contribution >= 0.6 is 0 Å². The van der Waals surface area contributed by atoms with E-state index in [0.29, 0.717) is 11.3 Å². The summed E-state index contributed by atoms with van der Waals surface area (Å²) in [6, 6.07) is 7.60. The number of hydrogen-bond donors (Lipinski definition) is 0. The molecule has 0 spiro atoms. The quantitative estimate of drug-likeness (QED) is 0.209. The maximum Gasteiger partial charge on any atom is 0.460 e. The number of unbranched alkanes of at least 4 members (excludes halogenated alkanes) is 3. The first kappa shape index (κ1) is 29.6. The SMILES string of the molecule is N#Cc1ccc(OCCCCCCC(F)(F)C(F)(F)C(F)(F)C(F)(F)C(F)(F)C(F)(F)F)cc1. The predicted molar refractivity (Wildman–Crippen MR) is 90.5 cm³/mol. The molecule has 15 heteroatoms. The van der Waals surface area contributed by atoms with E-state index in [4.69, 9.17) is 10.00 Å². The molecule has 0 saturated carbocycles. The van der Waals surface area contributed by atoms with Crippen LogP contribution in [0.2, 0.25) is 0 Å². The predicted octanol–water partition coefficient (Wildman–Crippen LogP) is 7.63. The van der Waals surface area contributed by atoms with E-state index in [1.54, 1.807) is 0 Å². The van der Waals surface area contributed by atoms with Crippen LogP contribution in [0.25, 0.3) is 0 Å². The first-order chi connectivity index (χ1) is 15.3. The third kappa shape index (κ3) is 5.63. The number of nitrogens with zero attached hydrogens (tertiary/aromatic N) is 1. The van der Waals surface area contributed by atoms with Gasteiger partial charge < -0.3 is 4.74 Å². The maximum atomic E-state index is 13.6. The molecule has 0 N–H and O–H groups in total. The summed E-state index contributed by atoms with van der Waals surface area (Å²) in [4.78, 5) is 0. The van der Waals surface area contributed by atoms with Crippen molar-refractivity contribution in [3.63, 3.8) is 0 Å². The van der Waals surface area contributed by atoms with Gasteiger partial charge in [0.2, 0.25) is 0 Å². The molecule has 1 aromatic rings. The van der Waals surface area contributed by atoms with Crippen molar-refractivity contribution in [2.24, 2.45) is 0 Å². The lowest BCUT2D eigenvalue weighted by Gasteiger charge is -2.39. The van der Waals surface area contributed by atoms with Crippen molar-refractivity contribution < 1.29 is 61.8 Å². The minimum absolute atomic E-state index is 0.00469. The molecular formula is C19H16F13NO. The van der Waals surface area contributed by atoms with Crippen LogP contribution in [0.4, 0.5) is 57.1 Å². The number of ether oxygens (including phenoxy) is 1. The highest BCUT2D eigenvalue weighted by Crippen LogP contribution is 2.60. The van der Waals surface area contributed by atoms with E-state index >= 15 is 0 Å². The van der Waals surface area contributed by atoms with E-state index in [1.165, 1.54) is 24.3 Å². The van der Waals surface area contributed by atoms with Crippen LogP contribution in [-0.4, -0.2) is 42.4 Å². The molecule has 0 aliphatic heterocycles. The highest BCUT2D eigenvalue weighted by Gasteiger charge is 2.90. The molecule has 0 amide bonds. The molecule has 1 aromatic carbocycles. The molecule has 2 nitrogen and oxygen atoms in total. The Morgan fingerprint density at radius 2 is 1.09 bits per heavy atom. The van der Waals surface area contributed by atoms with Gasteiger partial charge in [-0.2, -0.15) is 62.3 Å². The first-order valence-corrected chi connectivity index (χ1v) is 9.35. The maximum absolute atomic E-state index is 13.6. The average Bonchev–Trinajstić information content (AvgIpc) is 2.72. The Balaban J connectivity index is 2.67. The van der Waals surface area contributed by atoms with Crippen LogP contribution in [0.3, 0.4) is 0 Å². The van der Waals surface area contributed by atoms with Gasteiger partial charge in [-0.25, -0.2) is 0 Å². The van der Waals surface area contributed by atoms with E-state index < -0.39 is 48.6 Å². The molecule has 0 aliphatic carbocycles. The van der Waals surface area contributed by atoms with Gasteiger partial charge in [0.1, 0.15) is 5.75 Å². The number of halogens is 13. The fourth-order valence-electron chi connectivity index (χ4n) is 2.58. The molecule has 34 heavy (non-hydrogen) atoms. The van der Waals surface area contributed by atoms with E-state index in [0.717, 1.165) is 0 Å². The number of benzene rings is 1. The molecule has 1 rings (SSSR count). The van der Waals surface area contributed by atoms with Crippen LogP contribution in [0.15, 0.2) is 24.3 Å². The van der Waals surface area contributed by atoms with E-state index in [1.807, 2.05) is 6.07 Å². The molecule has 194 valence electrons. The molecule has 0 heterocycles. The summed E-state index contributed by atoms with van der Waals surface area (Å²) in [6.07, 6.45) is -10.7. The van der Waals surface area contributed by atoms with Crippen LogP contribution in [0.5, 0.6) is 5.75 Å². The normalized spacial score (nSPS) is 14.1. The summed E-state index contributed by atoms with van der Waals surface area (Å²) in [5.41, 5.74) is 0.343. The summed E-state index contributed by atoms with van der Waals surface area (Å²) in [5.74, 6) is -36.2. The van der Waals surface area contributed by atoms with Crippen LogP contribution in [0, 0.1) is 11.3 Å². The van der Waals surface area contributed by atoms with E-state index in [-0.39, 0.29) is 25.9 Å². The largest absolute Gasteiger partial charge is 0.494 e. The Morgan fingerprint density at radius 3 is 1.56 bits per heavy atom. The van der Waals surface area contributed by atoms with Crippen molar-refractivity contribution >= 4 is 0 Å². The Morgan fingerprint density at radius 1 is 0.618 bits per heavy atom. The van der Waals surface area contributed by atoms with Gasteiger partial charge in [0.25, 0.3) is 0 Å². The van der Waals surface area contributed by atoms with Crippen molar-refractivity contribution in [1.29, 1.82) is 5.26 Å². The summed E-state index contributed by atoms with van der Waals surface area (Å²) >= 11 is 0.